The Labute approximate surface area is 172 Å². The summed E-state index contributed by atoms with van der Waals surface area (Å²) in [4.78, 5) is 12.7. The molecular weight excluding hydrogens is 391 g/mol. The van der Waals surface area contributed by atoms with Crippen LogP contribution in [-0.2, 0) is 27.7 Å². The van der Waals surface area contributed by atoms with Gasteiger partial charge in [0.25, 0.3) is 0 Å². The third-order valence-corrected chi connectivity index (χ3v) is 6.46. The highest BCUT2D eigenvalue weighted by Gasteiger charge is 2.23. The molecule has 7 heteroatoms. The number of carbonyl (C=O) groups excluding carboxylic acids is 1. The van der Waals surface area contributed by atoms with E-state index in [0.29, 0.717) is 6.42 Å². The highest BCUT2D eigenvalue weighted by molar-refractivity contribution is 7.92. The zero-order valence-electron chi connectivity index (χ0n) is 16.8. The molecule has 0 aliphatic heterocycles. The lowest BCUT2D eigenvalue weighted by Gasteiger charge is -2.25. The number of fused-ring (bicyclic) bond motifs is 1. The van der Waals surface area contributed by atoms with Crippen LogP contribution < -0.4 is 9.62 Å². The third kappa shape index (κ3) is 5.35. The van der Waals surface area contributed by atoms with E-state index in [2.05, 4.69) is 17.4 Å². The minimum atomic E-state index is -3.70. The Morgan fingerprint density at radius 2 is 1.76 bits per heavy atom. The van der Waals surface area contributed by atoms with Crippen molar-refractivity contribution in [2.24, 2.45) is 0 Å². The van der Waals surface area contributed by atoms with Crippen molar-refractivity contribution in [3.63, 3.8) is 0 Å². The Bertz CT molecular complexity index is 974. The minimum absolute atomic E-state index is 0.190. The van der Waals surface area contributed by atoms with Gasteiger partial charge in [-0.05, 0) is 73.1 Å². The SMILES string of the molecule is CCC(NC(=O)CN(c1ccc(F)cc1)S(C)(=O)=O)c1ccc2c(c1)CCCC2. The second kappa shape index (κ2) is 8.95. The van der Waals surface area contributed by atoms with Crippen LogP contribution in [0.25, 0.3) is 0 Å². The first kappa shape index (κ1) is 21.3. The summed E-state index contributed by atoms with van der Waals surface area (Å²) in [5.41, 5.74) is 4.01. The molecule has 5 nitrogen and oxygen atoms in total. The Kier molecular flexibility index (Phi) is 6.57. The van der Waals surface area contributed by atoms with Crippen LogP contribution in [0.2, 0.25) is 0 Å². The number of anilines is 1. The highest BCUT2D eigenvalue weighted by Crippen LogP contribution is 2.26. The summed E-state index contributed by atoms with van der Waals surface area (Å²) in [6.07, 6.45) is 6.27. The first-order chi connectivity index (χ1) is 13.8. The van der Waals surface area contributed by atoms with E-state index >= 15 is 0 Å². The van der Waals surface area contributed by atoms with Crippen molar-refractivity contribution >= 4 is 21.6 Å². The molecular formula is C22H27FN2O3S. The number of nitrogens with one attached hydrogen (secondary N) is 1. The molecule has 0 heterocycles. The number of aryl methyl sites for hydroxylation is 2. The van der Waals surface area contributed by atoms with E-state index in [1.807, 2.05) is 13.0 Å². The van der Waals surface area contributed by atoms with Crippen LogP contribution in [-0.4, -0.2) is 27.1 Å². The lowest BCUT2D eigenvalue weighted by molar-refractivity contribution is -0.120. The Hall–Kier alpha value is -2.41. The monoisotopic (exact) mass is 418 g/mol. The van der Waals surface area contributed by atoms with Crippen molar-refractivity contribution < 1.29 is 17.6 Å². The fourth-order valence-electron chi connectivity index (χ4n) is 3.77. The van der Waals surface area contributed by atoms with Crippen LogP contribution in [0.1, 0.15) is 48.9 Å². The lowest BCUT2D eigenvalue weighted by atomic mass is 9.89. The normalized spacial score (nSPS) is 14.7. The van der Waals surface area contributed by atoms with Gasteiger partial charge in [-0.15, -0.1) is 0 Å². The molecule has 1 atom stereocenters. The fourth-order valence-corrected chi connectivity index (χ4v) is 4.63. The van der Waals surface area contributed by atoms with E-state index < -0.39 is 21.7 Å². The van der Waals surface area contributed by atoms with Gasteiger partial charge < -0.3 is 5.32 Å². The van der Waals surface area contributed by atoms with Crippen LogP contribution in [0.15, 0.2) is 42.5 Å². The average Bonchev–Trinajstić information content (AvgIpc) is 2.70. The molecule has 1 amide bonds. The van der Waals surface area contributed by atoms with E-state index in [9.17, 15) is 17.6 Å². The van der Waals surface area contributed by atoms with Crippen molar-refractivity contribution in [1.82, 2.24) is 5.32 Å². The number of nitrogens with zero attached hydrogens (tertiary/aromatic N) is 1. The third-order valence-electron chi connectivity index (χ3n) is 5.32. The van der Waals surface area contributed by atoms with E-state index in [1.54, 1.807) is 0 Å². The van der Waals surface area contributed by atoms with E-state index in [4.69, 9.17) is 0 Å². The van der Waals surface area contributed by atoms with Crippen molar-refractivity contribution in [2.75, 3.05) is 17.1 Å². The molecule has 0 saturated carbocycles. The molecule has 1 unspecified atom stereocenters. The van der Waals surface area contributed by atoms with Gasteiger partial charge in [0.1, 0.15) is 12.4 Å². The summed E-state index contributed by atoms with van der Waals surface area (Å²) in [6, 6.07) is 11.2. The van der Waals surface area contributed by atoms with Gasteiger partial charge in [-0.2, -0.15) is 0 Å². The molecule has 1 aliphatic carbocycles. The second-order valence-corrected chi connectivity index (χ2v) is 9.42. The first-order valence-electron chi connectivity index (χ1n) is 9.92. The molecule has 156 valence electrons. The van der Waals surface area contributed by atoms with E-state index in [0.717, 1.165) is 29.0 Å². The maximum absolute atomic E-state index is 13.2. The van der Waals surface area contributed by atoms with Gasteiger partial charge in [-0.1, -0.05) is 25.1 Å². The highest BCUT2D eigenvalue weighted by atomic mass is 32.2. The Balaban J connectivity index is 1.75. The molecule has 0 fully saturated rings. The number of amides is 1. The van der Waals surface area contributed by atoms with E-state index in [1.165, 1.54) is 48.2 Å². The predicted molar refractivity (Wildman–Crippen MR) is 113 cm³/mol. The summed E-state index contributed by atoms with van der Waals surface area (Å²) >= 11 is 0. The molecule has 3 rings (SSSR count). The maximum atomic E-state index is 13.2. The topological polar surface area (TPSA) is 66.5 Å². The molecule has 1 N–H and O–H groups in total. The van der Waals surface area contributed by atoms with Crippen molar-refractivity contribution in [1.29, 1.82) is 0 Å². The minimum Gasteiger partial charge on any atom is -0.348 e. The van der Waals surface area contributed by atoms with Gasteiger partial charge in [0, 0.05) is 0 Å². The standard InChI is InChI=1S/C22H27FN2O3S/c1-3-21(18-9-8-16-6-4-5-7-17(16)14-18)24-22(26)15-25(29(2,27)28)20-12-10-19(23)11-13-20/h8-14,21H,3-7,15H2,1-2H3,(H,24,26). The van der Waals surface area contributed by atoms with Crippen LogP contribution in [0.3, 0.4) is 0 Å². The van der Waals surface area contributed by atoms with Gasteiger partial charge in [-0.3, -0.25) is 9.10 Å². The quantitative estimate of drug-likeness (QED) is 0.745. The molecule has 2 aromatic rings. The largest absolute Gasteiger partial charge is 0.348 e. The molecule has 0 saturated heterocycles. The number of hydrogen-bond donors (Lipinski definition) is 1. The van der Waals surface area contributed by atoms with E-state index in [-0.39, 0.29) is 18.3 Å². The smallest absolute Gasteiger partial charge is 0.241 e. The number of halogens is 1. The second-order valence-electron chi connectivity index (χ2n) is 7.51. The summed E-state index contributed by atoms with van der Waals surface area (Å²) < 4.78 is 38.6. The average molecular weight is 419 g/mol. The summed E-state index contributed by atoms with van der Waals surface area (Å²) in [7, 11) is -3.70. The lowest BCUT2D eigenvalue weighted by Crippen LogP contribution is -2.41. The first-order valence-corrected chi connectivity index (χ1v) is 11.8. The summed E-state index contributed by atoms with van der Waals surface area (Å²) in [5, 5.41) is 2.95. The van der Waals surface area contributed by atoms with Crippen molar-refractivity contribution in [3.8, 4) is 0 Å². The fraction of sp³-hybridized carbons (Fsp3) is 0.409. The number of rotatable bonds is 7. The maximum Gasteiger partial charge on any atom is 0.241 e. The summed E-state index contributed by atoms with van der Waals surface area (Å²) in [6.45, 7) is 1.63. The van der Waals surface area contributed by atoms with Crippen LogP contribution in [0, 0.1) is 5.82 Å². The Morgan fingerprint density at radius 3 is 2.38 bits per heavy atom. The number of sulfonamides is 1. The number of hydrogen-bond acceptors (Lipinski definition) is 3. The van der Waals surface area contributed by atoms with Crippen molar-refractivity contribution in [3.05, 3.63) is 65.0 Å². The van der Waals surface area contributed by atoms with Crippen LogP contribution in [0.4, 0.5) is 10.1 Å². The molecule has 0 aromatic heterocycles. The van der Waals surface area contributed by atoms with Gasteiger partial charge in [0.05, 0.1) is 18.0 Å². The molecule has 1 aliphatic rings. The molecule has 0 spiro atoms. The van der Waals surface area contributed by atoms with Gasteiger partial charge in [-0.25, -0.2) is 12.8 Å². The van der Waals surface area contributed by atoms with Crippen LogP contribution >= 0.6 is 0 Å². The molecule has 2 aromatic carbocycles. The molecule has 0 bridgehead atoms. The molecule has 0 radical (unpaired) electrons. The summed E-state index contributed by atoms with van der Waals surface area (Å²) in [5.74, 6) is -0.866. The molecule has 29 heavy (non-hydrogen) atoms. The van der Waals surface area contributed by atoms with Crippen LogP contribution in [0.5, 0.6) is 0 Å². The van der Waals surface area contributed by atoms with Gasteiger partial charge >= 0.3 is 0 Å². The van der Waals surface area contributed by atoms with Gasteiger partial charge in [0.15, 0.2) is 0 Å². The number of carbonyl (C=O) groups is 1. The number of benzene rings is 2. The zero-order chi connectivity index (χ0) is 21.0. The zero-order valence-corrected chi connectivity index (χ0v) is 17.6. The predicted octanol–water partition coefficient (Wildman–Crippen LogP) is 3.74. The van der Waals surface area contributed by atoms with Crippen molar-refractivity contribution in [2.45, 2.75) is 45.1 Å². The Morgan fingerprint density at radius 1 is 1.10 bits per heavy atom. The van der Waals surface area contributed by atoms with Gasteiger partial charge in [0.2, 0.25) is 15.9 Å².